The van der Waals surface area contributed by atoms with Gasteiger partial charge in [-0.1, -0.05) is 0 Å². The second kappa shape index (κ2) is 6.17. The number of ether oxygens (including phenoxy) is 1. The van der Waals surface area contributed by atoms with Crippen molar-refractivity contribution < 1.29 is 17.9 Å². The number of likely N-dealkylation sites (tertiary alicyclic amines) is 1. The van der Waals surface area contributed by atoms with Gasteiger partial charge in [0, 0.05) is 32.2 Å². The summed E-state index contributed by atoms with van der Waals surface area (Å²) in [4.78, 5) is 13.9. The number of piperidine rings is 1. The van der Waals surface area contributed by atoms with Crippen LogP contribution in [0, 0.1) is 0 Å². The second-order valence-corrected chi connectivity index (χ2v) is 6.83. The molecule has 2 saturated heterocycles. The number of hydrogen-bond acceptors (Lipinski definition) is 5. The maximum absolute atomic E-state index is 12.2. The van der Waals surface area contributed by atoms with Crippen LogP contribution in [0.25, 0.3) is 0 Å². The Morgan fingerprint density at radius 2 is 2.05 bits per heavy atom. The third kappa shape index (κ3) is 4.41. The highest BCUT2D eigenvalue weighted by Gasteiger charge is 2.30. The Morgan fingerprint density at radius 1 is 1.37 bits per heavy atom. The van der Waals surface area contributed by atoms with Crippen molar-refractivity contribution in [2.45, 2.75) is 25.0 Å². The normalized spacial score (nSPS) is 26.4. The van der Waals surface area contributed by atoms with Crippen molar-refractivity contribution in [2.24, 2.45) is 0 Å². The van der Waals surface area contributed by atoms with Crippen LogP contribution in [0.3, 0.4) is 0 Å². The smallest absolute Gasteiger partial charge is 0.253 e. The van der Waals surface area contributed by atoms with Crippen LogP contribution in [0.5, 0.6) is 0 Å². The predicted molar refractivity (Wildman–Crippen MR) is 70.2 cm³/mol. The Labute approximate surface area is 113 Å². The molecular formula is C11H21N3O4S. The lowest BCUT2D eigenvalue weighted by molar-refractivity contribution is -0.146. The summed E-state index contributed by atoms with van der Waals surface area (Å²) in [5.74, 6) is 0.00463. The Kier molecular flexibility index (Phi) is 4.77. The number of nitrogens with one attached hydrogen (secondary N) is 2. The van der Waals surface area contributed by atoms with Crippen LogP contribution in [0.15, 0.2) is 0 Å². The molecule has 8 heteroatoms. The first-order valence-corrected chi connectivity index (χ1v) is 8.43. The molecule has 1 atom stereocenters. The first-order chi connectivity index (χ1) is 8.96. The molecule has 0 saturated carbocycles. The number of carbonyl (C=O) groups excluding carboxylic acids is 1. The molecule has 2 fully saturated rings. The molecule has 1 amide bonds. The van der Waals surface area contributed by atoms with E-state index >= 15 is 0 Å². The van der Waals surface area contributed by atoms with Gasteiger partial charge in [0.2, 0.25) is 10.0 Å². The first kappa shape index (κ1) is 14.7. The van der Waals surface area contributed by atoms with Crippen LogP contribution in [-0.4, -0.2) is 70.4 Å². The van der Waals surface area contributed by atoms with Crippen molar-refractivity contribution in [3.05, 3.63) is 0 Å². The monoisotopic (exact) mass is 291 g/mol. The molecular weight excluding hydrogens is 270 g/mol. The molecule has 0 aromatic heterocycles. The highest BCUT2D eigenvalue weighted by Crippen LogP contribution is 2.13. The van der Waals surface area contributed by atoms with Gasteiger partial charge in [0.1, 0.15) is 6.10 Å². The molecule has 19 heavy (non-hydrogen) atoms. The van der Waals surface area contributed by atoms with Crippen molar-refractivity contribution in [2.75, 3.05) is 39.0 Å². The van der Waals surface area contributed by atoms with E-state index in [1.165, 1.54) is 0 Å². The standard InChI is InChI=1S/C11H21N3O4S/c1-19(16,17)13-9-2-5-14(6-3-9)11(15)10-8-12-4-7-18-10/h9-10,12-13H,2-8H2,1H3. The summed E-state index contributed by atoms with van der Waals surface area (Å²) in [6.45, 7) is 3.05. The summed E-state index contributed by atoms with van der Waals surface area (Å²) < 4.78 is 30.3. The zero-order valence-electron chi connectivity index (χ0n) is 11.1. The Hall–Kier alpha value is -0.700. The number of carbonyl (C=O) groups is 1. The number of amides is 1. The Balaban J connectivity index is 1.80. The van der Waals surface area contributed by atoms with Gasteiger partial charge in [-0.15, -0.1) is 0 Å². The predicted octanol–water partition coefficient (Wildman–Crippen LogP) is -1.48. The lowest BCUT2D eigenvalue weighted by Crippen LogP contribution is -2.53. The highest BCUT2D eigenvalue weighted by molar-refractivity contribution is 7.88. The molecule has 0 aromatic carbocycles. The number of rotatable bonds is 3. The van der Waals surface area contributed by atoms with E-state index in [0.29, 0.717) is 39.1 Å². The minimum atomic E-state index is -3.17. The SMILES string of the molecule is CS(=O)(=O)NC1CCN(C(=O)C2CNCCO2)CC1. The van der Waals surface area contributed by atoms with Gasteiger partial charge in [0.25, 0.3) is 5.91 Å². The van der Waals surface area contributed by atoms with Crippen LogP contribution >= 0.6 is 0 Å². The summed E-state index contributed by atoms with van der Waals surface area (Å²) in [7, 11) is -3.17. The molecule has 0 aromatic rings. The highest BCUT2D eigenvalue weighted by atomic mass is 32.2. The quantitative estimate of drug-likeness (QED) is 0.662. The van der Waals surface area contributed by atoms with Gasteiger partial charge in [0.15, 0.2) is 0 Å². The number of morpholine rings is 1. The molecule has 2 heterocycles. The second-order valence-electron chi connectivity index (χ2n) is 5.05. The van der Waals surface area contributed by atoms with Crippen LogP contribution in [-0.2, 0) is 19.6 Å². The molecule has 2 rings (SSSR count). The van der Waals surface area contributed by atoms with Gasteiger partial charge in [-0.25, -0.2) is 13.1 Å². The zero-order chi connectivity index (χ0) is 13.9. The molecule has 1 unspecified atom stereocenters. The minimum absolute atomic E-state index is 0.00463. The Bertz CT molecular complexity index is 412. The van der Waals surface area contributed by atoms with Crippen molar-refractivity contribution in [3.63, 3.8) is 0 Å². The summed E-state index contributed by atoms with van der Waals surface area (Å²) in [5, 5.41) is 3.13. The van der Waals surface area contributed by atoms with E-state index in [0.717, 1.165) is 12.8 Å². The van der Waals surface area contributed by atoms with Gasteiger partial charge < -0.3 is 15.0 Å². The molecule has 2 N–H and O–H groups in total. The van der Waals surface area contributed by atoms with Crippen LogP contribution in [0.4, 0.5) is 0 Å². The van der Waals surface area contributed by atoms with Crippen LogP contribution in [0.2, 0.25) is 0 Å². The van der Waals surface area contributed by atoms with E-state index in [-0.39, 0.29) is 11.9 Å². The molecule has 2 aliphatic rings. The van der Waals surface area contributed by atoms with Gasteiger partial charge >= 0.3 is 0 Å². The number of nitrogens with zero attached hydrogens (tertiary/aromatic N) is 1. The average Bonchev–Trinajstić information content (AvgIpc) is 2.38. The molecule has 0 bridgehead atoms. The van der Waals surface area contributed by atoms with Gasteiger partial charge in [-0.2, -0.15) is 0 Å². The van der Waals surface area contributed by atoms with E-state index in [1.807, 2.05) is 0 Å². The summed E-state index contributed by atoms with van der Waals surface area (Å²) in [6, 6.07) is -0.0653. The summed E-state index contributed by atoms with van der Waals surface area (Å²) in [6.07, 6.45) is 2.07. The van der Waals surface area contributed by atoms with E-state index in [9.17, 15) is 13.2 Å². The lowest BCUT2D eigenvalue weighted by atomic mass is 10.1. The van der Waals surface area contributed by atoms with E-state index in [4.69, 9.17) is 4.74 Å². The fourth-order valence-corrected chi connectivity index (χ4v) is 3.29. The number of hydrogen-bond donors (Lipinski definition) is 2. The molecule has 0 radical (unpaired) electrons. The Morgan fingerprint density at radius 3 is 2.58 bits per heavy atom. The van der Waals surface area contributed by atoms with Gasteiger partial charge in [-0.05, 0) is 12.8 Å². The number of sulfonamides is 1. The van der Waals surface area contributed by atoms with Crippen molar-refractivity contribution in [3.8, 4) is 0 Å². The first-order valence-electron chi connectivity index (χ1n) is 6.54. The molecule has 7 nitrogen and oxygen atoms in total. The van der Waals surface area contributed by atoms with E-state index in [2.05, 4.69) is 10.0 Å². The average molecular weight is 291 g/mol. The maximum atomic E-state index is 12.2. The molecule has 110 valence electrons. The van der Waals surface area contributed by atoms with Crippen LogP contribution in [0.1, 0.15) is 12.8 Å². The summed E-state index contributed by atoms with van der Waals surface area (Å²) in [5.41, 5.74) is 0. The maximum Gasteiger partial charge on any atom is 0.253 e. The lowest BCUT2D eigenvalue weighted by Gasteiger charge is -2.35. The topological polar surface area (TPSA) is 87.7 Å². The third-order valence-electron chi connectivity index (χ3n) is 3.39. The van der Waals surface area contributed by atoms with E-state index < -0.39 is 16.1 Å². The van der Waals surface area contributed by atoms with Gasteiger partial charge in [0.05, 0.1) is 12.9 Å². The largest absolute Gasteiger partial charge is 0.366 e. The van der Waals surface area contributed by atoms with Crippen LogP contribution < -0.4 is 10.0 Å². The molecule has 0 spiro atoms. The fraction of sp³-hybridized carbons (Fsp3) is 0.909. The van der Waals surface area contributed by atoms with Crippen molar-refractivity contribution in [1.82, 2.24) is 14.9 Å². The van der Waals surface area contributed by atoms with Crippen molar-refractivity contribution >= 4 is 15.9 Å². The van der Waals surface area contributed by atoms with Crippen molar-refractivity contribution in [1.29, 1.82) is 0 Å². The third-order valence-corrected chi connectivity index (χ3v) is 4.15. The minimum Gasteiger partial charge on any atom is -0.366 e. The fourth-order valence-electron chi connectivity index (χ4n) is 2.45. The summed E-state index contributed by atoms with van der Waals surface area (Å²) >= 11 is 0. The molecule has 0 aliphatic carbocycles. The van der Waals surface area contributed by atoms with Gasteiger partial charge in [-0.3, -0.25) is 4.79 Å². The van der Waals surface area contributed by atoms with E-state index in [1.54, 1.807) is 4.90 Å². The molecule has 2 aliphatic heterocycles. The zero-order valence-corrected chi connectivity index (χ0v) is 11.9.